The van der Waals surface area contributed by atoms with Crippen LogP contribution in [-0.4, -0.2) is 18.6 Å². The minimum atomic E-state index is 0.0115. The molecule has 0 fully saturated rings. The average molecular weight is 298 g/mol. The van der Waals surface area contributed by atoms with Gasteiger partial charge in [-0.25, -0.2) is 0 Å². The molecule has 0 aliphatic carbocycles. The van der Waals surface area contributed by atoms with Gasteiger partial charge in [-0.2, -0.15) is 0 Å². The standard InChI is InChI=1S/C18H18O2S/c1-3-21-18(15-7-5-4-6-8-15)13-17(19)14-9-11-16(20-2)12-10-14/h4-13H,3H2,1-2H3/b18-13+. The van der Waals surface area contributed by atoms with E-state index in [0.717, 1.165) is 22.0 Å². The fourth-order valence-corrected chi connectivity index (χ4v) is 2.73. The molecule has 108 valence electrons. The smallest absolute Gasteiger partial charge is 0.186 e. The summed E-state index contributed by atoms with van der Waals surface area (Å²) in [6.07, 6.45) is 1.71. The second-order valence-electron chi connectivity index (χ2n) is 4.40. The van der Waals surface area contributed by atoms with Crippen LogP contribution in [-0.2, 0) is 0 Å². The van der Waals surface area contributed by atoms with Crippen LogP contribution in [0.4, 0.5) is 0 Å². The van der Waals surface area contributed by atoms with E-state index >= 15 is 0 Å². The Labute approximate surface area is 129 Å². The zero-order valence-corrected chi connectivity index (χ0v) is 13.0. The lowest BCUT2D eigenvalue weighted by Gasteiger charge is -2.06. The van der Waals surface area contributed by atoms with E-state index in [-0.39, 0.29) is 5.78 Å². The van der Waals surface area contributed by atoms with Gasteiger partial charge >= 0.3 is 0 Å². The number of carbonyl (C=O) groups is 1. The van der Waals surface area contributed by atoms with E-state index in [1.165, 1.54) is 0 Å². The van der Waals surface area contributed by atoms with Crippen molar-refractivity contribution in [2.45, 2.75) is 6.92 Å². The van der Waals surface area contributed by atoms with Crippen molar-refractivity contribution in [1.82, 2.24) is 0 Å². The summed E-state index contributed by atoms with van der Waals surface area (Å²) in [7, 11) is 1.61. The maximum Gasteiger partial charge on any atom is 0.186 e. The van der Waals surface area contributed by atoms with Crippen LogP contribution in [0.2, 0.25) is 0 Å². The molecule has 0 unspecified atom stereocenters. The number of allylic oxidation sites excluding steroid dienone is 1. The summed E-state index contributed by atoms with van der Waals surface area (Å²) >= 11 is 1.68. The molecule has 0 saturated carbocycles. The number of methoxy groups -OCH3 is 1. The Morgan fingerprint density at radius 3 is 2.29 bits per heavy atom. The molecular weight excluding hydrogens is 280 g/mol. The highest BCUT2D eigenvalue weighted by molar-refractivity contribution is 8.08. The maximum atomic E-state index is 12.4. The number of benzene rings is 2. The van der Waals surface area contributed by atoms with E-state index in [2.05, 4.69) is 6.92 Å². The van der Waals surface area contributed by atoms with Crippen molar-refractivity contribution in [2.24, 2.45) is 0 Å². The van der Waals surface area contributed by atoms with Crippen LogP contribution in [0.25, 0.3) is 4.91 Å². The van der Waals surface area contributed by atoms with Gasteiger partial charge in [-0.1, -0.05) is 37.3 Å². The second-order valence-corrected chi connectivity index (χ2v) is 5.71. The van der Waals surface area contributed by atoms with Crippen LogP contribution in [0.1, 0.15) is 22.8 Å². The van der Waals surface area contributed by atoms with Gasteiger partial charge in [0.2, 0.25) is 0 Å². The molecule has 0 amide bonds. The van der Waals surface area contributed by atoms with Gasteiger partial charge in [0.1, 0.15) is 5.75 Å². The lowest BCUT2D eigenvalue weighted by molar-refractivity contribution is 0.104. The molecule has 2 aromatic rings. The number of thioether (sulfide) groups is 1. The summed E-state index contributed by atoms with van der Waals surface area (Å²) in [5.74, 6) is 1.69. The summed E-state index contributed by atoms with van der Waals surface area (Å²) in [6, 6.07) is 17.2. The summed E-state index contributed by atoms with van der Waals surface area (Å²) in [5, 5.41) is 0. The second kappa shape index (κ2) is 7.70. The Balaban J connectivity index is 2.26. The highest BCUT2D eigenvalue weighted by atomic mass is 32.2. The fourth-order valence-electron chi connectivity index (χ4n) is 1.92. The third-order valence-electron chi connectivity index (χ3n) is 2.99. The average Bonchev–Trinajstić information content (AvgIpc) is 2.55. The van der Waals surface area contributed by atoms with Crippen LogP contribution in [0.5, 0.6) is 5.75 Å². The molecule has 0 spiro atoms. The Hall–Kier alpha value is -2.00. The Bertz CT molecular complexity index is 615. The van der Waals surface area contributed by atoms with Crippen LogP contribution in [0.3, 0.4) is 0 Å². The van der Waals surface area contributed by atoms with Crippen molar-refractivity contribution in [3.05, 3.63) is 71.8 Å². The van der Waals surface area contributed by atoms with E-state index in [1.54, 1.807) is 49.2 Å². The van der Waals surface area contributed by atoms with Crippen molar-refractivity contribution in [3.8, 4) is 5.75 Å². The number of carbonyl (C=O) groups excluding carboxylic acids is 1. The molecule has 0 N–H and O–H groups in total. The van der Waals surface area contributed by atoms with Gasteiger partial charge in [0.05, 0.1) is 7.11 Å². The monoisotopic (exact) mass is 298 g/mol. The van der Waals surface area contributed by atoms with Gasteiger partial charge in [0, 0.05) is 16.5 Å². The molecule has 2 aromatic carbocycles. The molecule has 21 heavy (non-hydrogen) atoms. The van der Waals surface area contributed by atoms with Gasteiger partial charge in [0.15, 0.2) is 5.78 Å². The van der Waals surface area contributed by atoms with Crippen LogP contribution in [0, 0.1) is 0 Å². The van der Waals surface area contributed by atoms with Crippen molar-refractivity contribution < 1.29 is 9.53 Å². The van der Waals surface area contributed by atoms with Gasteiger partial charge in [-0.05, 0) is 35.6 Å². The molecule has 0 aliphatic heterocycles. The summed E-state index contributed by atoms with van der Waals surface area (Å²) in [6.45, 7) is 2.08. The topological polar surface area (TPSA) is 26.3 Å². The first kappa shape index (κ1) is 15.4. The number of hydrogen-bond donors (Lipinski definition) is 0. The highest BCUT2D eigenvalue weighted by Gasteiger charge is 2.07. The fraction of sp³-hybridized carbons (Fsp3) is 0.167. The Morgan fingerprint density at radius 2 is 1.71 bits per heavy atom. The minimum Gasteiger partial charge on any atom is -0.497 e. The van der Waals surface area contributed by atoms with E-state index in [0.29, 0.717) is 5.56 Å². The number of ether oxygens (including phenoxy) is 1. The van der Waals surface area contributed by atoms with Crippen molar-refractivity contribution >= 4 is 22.5 Å². The third-order valence-corrected chi connectivity index (χ3v) is 3.95. The zero-order chi connectivity index (χ0) is 15.1. The quantitative estimate of drug-likeness (QED) is 0.572. The number of rotatable bonds is 6. The third kappa shape index (κ3) is 4.23. The zero-order valence-electron chi connectivity index (χ0n) is 12.2. The predicted octanol–water partition coefficient (Wildman–Crippen LogP) is 4.67. The van der Waals surface area contributed by atoms with Crippen LogP contribution >= 0.6 is 11.8 Å². The molecule has 3 heteroatoms. The largest absolute Gasteiger partial charge is 0.497 e. The summed E-state index contributed by atoms with van der Waals surface area (Å²) in [4.78, 5) is 13.4. The van der Waals surface area contributed by atoms with Gasteiger partial charge < -0.3 is 4.74 Å². The first-order chi connectivity index (χ1) is 10.2. The molecule has 0 bridgehead atoms. The summed E-state index contributed by atoms with van der Waals surface area (Å²) in [5.41, 5.74) is 1.74. The number of ketones is 1. The van der Waals surface area contributed by atoms with E-state index in [4.69, 9.17) is 4.74 Å². The van der Waals surface area contributed by atoms with E-state index in [1.807, 2.05) is 30.3 Å². The van der Waals surface area contributed by atoms with Crippen molar-refractivity contribution in [3.63, 3.8) is 0 Å². The molecule has 0 heterocycles. The van der Waals surface area contributed by atoms with Crippen LogP contribution in [0.15, 0.2) is 60.7 Å². The normalized spacial score (nSPS) is 11.2. The van der Waals surface area contributed by atoms with Gasteiger partial charge in [-0.3, -0.25) is 4.79 Å². The lowest BCUT2D eigenvalue weighted by atomic mass is 10.1. The van der Waals surface area contributed by atoms with E-state index < -0.39 is 0 Å². The minimum absolute atomic E-state index is 0.0115. The first-order valence-electron chi connectivity index (χ1n) is 6.83. The molecule has 0 saturated heterocycles. The highest BCUT2D eigenvalue weighted by Crippen LogP contribution is 2.27. The SMILES string of the molecule is CCS/C(=C/C(=O)c1ccc(OC)cc1)c1ccccc1. The first-order valence-corrected chi connectivity index (χ1v) is 7.81. The van der Waals surface area contributed by atoms with Gasteiger partial charge in [0.25, 0.3) is 0 Å². The molecule has 2 nitrogen and oxygen atoms in total. The summed E-state index contributed by atoms with van der Waals surface area (Å²) < 4.78 is 5.11. The Kier molecular flexibility index (Phi) is 5.64. The van der Waals surface area contributed by atoms with Crippen molar-refractivity contribution in [2.75, 3.05) is 12.9 Å². The molecular formula is C18H18O2S. The molecule has 0 aliphatic rings. The van der Waals surface area contributed by atoms with Gasteiger partial charge in [-0.15, -0.1) is 11.8 Å². The maximum absolute atomic E-state index is 12.4. The molecule has 0 atom stereocenters. The predicted molar refractivity (Wildman–Crippen MR) is 89.9 cm³/mol. The molecule has 0 aromatic heterocycles. The number of hydrogen-bond acceptors (Lipinski definition) is 3. The molecule has 0 radical (unpaired) electrons. The Morgan fingerprint density at radius 1 is 1.05 bits per heavy atom. The molecule has 2 rings (SSSR count). The van der Waals surface area contributed by atoms with Crippen LogP contribution < -0.4 is 4.74 Å². The van der Waals surface area contributed by atoms with Crippen molar-refractivity contribution in [1.29, 1.82) is 0 Å². The lowest BCUT2D eigenvalue weighted by Crippen LogP contribution is -1.96. The van der Waals surface area contributed by atoms with E-state index in [9.17, 15) is 4.79 Å².